The van der Waals surface area contributed by atoms with Crippen LogP contribution < -0.4 is 15.4 Å². The summed E-state index contributed by atoms with van der Waals surface area (Å²) in [6.45, 7) is 8.97. The summed E-state index contributed by atoms with van der Waals surface area (Å²) in [5.74, 6) is 0.839. The zero-order valence-electron chi connectivity index (χ0n) is 14.1. The molecule has 0 aliphatic rings. The summed E-state index contributed by atoms with van der Waals surface area (Å²) >= 11 is 0. The highest BCUT2D eigenvalue weighted by Gasteiger charge is 2.18. The second kappa shape index (κ2) is 9.43. The molecule has 2 N–H and O–H groups in total. The van der Waals surface area contributed by atoms with Crippen LogP contribution in [0.2, 0.25) is 0 Å². The van der Waals surface area contributed by atoms with E-state index in [4.69, 9.17) is 9.47 Å². The average Bonchev–Trinajstić information content (AvgIpc) is 2.47. The molecule has 0 spiro atoms. The van der Waals surface area contributed by atoms with Crippen LogP contribution in [0.4, 0.5) is 0 Å². The smallest absolute Gasteiger partial charge is 0.234 e. The Morgan fingerprint density at radius 1 is 1.14 bits per heavy atom. The maximum Gasteiger partial charge on any atom is 0.234 e. The number of nitrogens with one attached hydrogen (secondary N) is 2. The Kier molecular flexibility index (Phi) is 7.91. The molecule has 0 aliphatic heterocycles. The van der Waals surface area contributed by atoms with E-state index in [0.29, 0.717) is 32.8 Å². The molecule has 1 rings (SSSR count). The van der Waals surface area contributed by atoms with Crippen LogP contribution in [0.3, 0.4) is 0 Å². The SMILES string of the molecule is COCCNCC(=O)NCCOc1ccccc1C(C)(C)C. The summed E-state index contributed by atoms with van der Waals surface area (Å²) < 4.78 is 10.7. The van der Waals surface area contributed by atoms with E-state index in [1.165, 1.54) is 5.56 Å². The first-order valence-corrected chi connectivity index (χ1v) is 7.64. The summed E-state index contributed by atoms with van der Waals surface area (Å²) in [4.78, 5) is 11.6. The van der Waals surface area contributed by atoms with Gasteiger partial charge in [0.15, 0.2) is 0 Å². The second-order valence-corrected chi connectivity index (χ2v) is 6.11. The molecule has 5 heteroatoms. The lowest BCUT2D eigenvalue weighted by Gasteiger charge is -2.22. The Morgan fingerprint density at radius 3 is 2.55 bits per heavy atom. The lowest BCUT2D eigenvalue weighted by molar-refractivity contribution is -0.120. The number of carbonyl (C=O) groups is 1. The Bertz CT molecular complexity index is 455. The van der Waals surface area contributed by atoms with E-state index in [-0.39, 0.29) is 11.3 Å². The summed E-state index contributed by atoms with van der Waals surface area (Å²) in [5, 5.41) is 5.82. The number of amides is 1. The normalized spacial score (nSPS) is 11.3. The van der Waals surface area contributed by atoms with Gasteiger partial charge in [0, 0.05) is 13.7 Å². The lowest BCUT2D eigenvalue weighted by Crippen LogP contribution is -2.37. The number of para-hydroxylation sites is 1. The minimum Gasteiger partial charge on any atom is -0.491 e. The molecule has 0 bridgehead atoms. The quantitative estimate of drug-likeness (QED) is 0.682. The predicted molar refractivity (Wildman–Crippen MR) is 88.4 cm³/mol. The first-order valence-electron chi connectivity index (χ1n) is 7.64. The molecule has 0 aromatic heterocycles. The molecule has 0 saturated heterocycles. The number of rotatable bonds is 9. The van der Waals surface area contributed by atoms with Gasteiger partial charge >= 0.3 is 0 Å². The highest BCUT2D eigenvalue weighted by molar-refractivity contribution is 5.77. The van der Waals surface area contributed by atoms with Crippen LogP contribution in [-0.2, 0) is 14.9 Å². The number of methoxy groups -OCH3 is 1. The molecule has 124 valence electrons. The predicted octanol–water partition coefficient (Wildman–Crippen LogP) is 1.72. The van der Waals surface area contributed by atoms with Crippen molar-refractivity contribution in [1.29, 1.82) is 0 Å². The van der Waals surface area contributed by atoms with Gasteiger partial charge in [-0.15, -0.1) is 0 Å². The summed E-state index contributed by atoms with van der Waals surface area (Å²) in [7, 11) is 1.63. The van der Waals surface area contributed by atoms with Crippen LogP contribution in [0.25, 0.3) is 0 Å². The standard InChI is InChI=1S/C17H28N2O3/c1-17(2,3)14-7-5-6-8-15(14)22-12-10-19-16(20)13-18-9-11-21-4/h5-8,18H,9-13H2,1-4H3,(H,19,20). The van der Waals surface area contributed by atoms with Gasteiger partial charge in [-0.2, -0.15) is 0 Å². The van der Waals surface area contributed by atoms with Gasteiger partial charge in [0.25, 0.3) is 0 Å². The molecular weight excluding hydrogens is 280 g/mol. The fourth-order valence-corrected chi connectivity index (χ4v) is 2.00. The third-order valence-corrected chi connectivity index (χ3v) is 3.15. The van der Waals surface area contributed by atoms with E-state index in [9.17, 15) is 4.79 Å². The van der Waals surface area contributed by atoms with Gasteiger partial charge in [0.2, 0.25) is 5.91 Å². The Hall–Kier alpha value is -1.59. The van der Waals surface area contributed by atoms with E-state index in [0.717, 1.165) is 5.75 Å². The molecule has 5 nitrogen and oxygen atoms in total. The van der Waals surface area contributed by atoms with Gasteiger partial charge in [-0.3, -0.25) is 4.79 Å². The summed E-state index contributed by atoms with van der Waals surface area (Å²) in [5.41, 5.74) is 1.20. The van der Waals surface area contributed by atoms with E-state index < -0.39 is 0 Å². The van der Waals surface area contributed by atoms with E-state index >= 15 is 0 Å². The number of benzene rings is 1. The van der Waals surface area contributed by atoms with Crippen molar-refractivity contribution >= 4 is 5.91 Å². The molecule has 0 atom stereocenters. The van der Waals surface area contributed by atoms with Crippen LogP contribution >= 0.6 is 0 Å². The Morgan fingerprint density at radius 2 is 1.86 bits per heavy atom. The Balaban J connectivity index is 2.29. The summed E-state index contributed by atoms with van der Waals surface area (Å²) in [6, 6.07) is 8.02. The van der Waals surface area contributed by atoms with Crippen molar-refractivity contribution in [2.45, 2.75) is 26.2 Å². The van der Waals surface area contributed by atoms with E-state index in [1.54, 1.807) is 7.11 Å². The maximum atomic E-state index is 11.6. The minimum atomic E-state index is -0.0381. The van der Waals surface area contributed by atoms with Gasteiger partial charge in [-0.05, 0) is 17.0 Å². The largest absolute Gasteiger partial charge is 0.491 e. The van der Waals surface area contributed by atoms with Gasteiger partial charge in [-0.25, -0.2) is 0 Å². The number of hydrogen-bond donors (Lipinski definition) is 2. The van der Waals surface area contributed by atoms with Gasteiger partial charge in [0.05, 0.1) is 19.7 Å². The highest BCUT2D eigenvalue weighted by Crippen LogP contribution is 2.30. The van der Waals surface area contributed by atoms with Crippen LogP contribution in [0, 0.1) is 0 Å². The number of ether oxygens (including phenoxy) is 2. The molecular formula is C17H28N2O3. The third kappa shape index (κ3) is 6.91. The molecule has 22 heavy (non-hydrogen) atoms. The molecule has 1 aromatic rings. The molecule has 1 amide bonds. The van der Waals surface area contributed by atoms with Crippen molar-refractivity contribution in [3.8, 4) is 5.75 Å². The van der Waals surface area contributed by atoms with Crippen molar-refractivity contribution < 1.29 is 14.3 Å². The number of carbonyl (C=O) groups excluding carboxylic acids is 1. The Labute approximate surface area is 133 Å². The minimum absolute atomic E-state index is 0.0328. The van der Waals surface area contributed by atoms with E-state index in [2.05, 4.69) is 37.5 Å². The zero-order valence-corrected chi connectivity index (χ0v) is 14.1. The molecule has 1 aromatic carbocycles. The molecule has 0 radical (unpaired) electrons. The summed E-state index contributed by atoms with van der Waals surface area (Å²) in [6.07, 6.45) is 0. The third-order valence-electron chi connectivity index (χ3n) is 3.15. The number of hydrogen-bond acceptors (Lipinski definition) is 4. The van der Waals surface area contributed by atoms with Gasteiger partial charge in [-0.1, -0.05) is 39.0 Å². The average molecular weight is 308 g/mol. The molecule has 0 fully saturated rings. The fourth-order valence-electron chi connectivity index (χ4n) is 2.00. The highest BCUT2D eigenvalue weighted by atomic mass is 16.5. The van der Waals surface area contributed by atoms with Crippen molar-refractivity contribution in [2.75, 3.05) is 40.0 Å². The lowest BCUT2D eigenvalue weighted by atomic mass is 9.86. The molecule has 0 saturated carbocycles. The second-order valence-electron chi connectivity index (χ2n) is 6.11. The molecule has 0 aliphatic carbocycles. The van der Waals surface area contributed by atoms with Gasteiger partial charge in [0.1, 0.15) is 12.4 Å². The van der Waals surface area contributed by atoms with Crippen molar-refractivity contribution in [3.63, 3.8) is 0 Å². The van der Waals surface area contributed by atoms with Crippen LogP contribution in [0.1, 0.15) is 26.3 Å². The molecule has 0 heterocycles. The van der Waals surface area contributed by atoms with Crippen LogP contribution in [-0.4, -0.2) is 45.9 Å². The van der Waals surface area contributed by atoms with Crippen molar-refractivity contribution in [1.82, 2.24) is 10.6 Å². The van der Waals surface area contributed by atoms with Crippen molar-refractivity contribution in [2.24, 2.45) is 0 Å². The maximum absolute atomic E-state index is 11.6. The fraction of sp³-hybridized carbons (Fsp3) is 0.588. The molecule has 0 unspecified atom stereocenters. The van der Waals surface area contributed by atoms with E-state index in [1.807, 2.05) is 18.2 Å². The first-order chi connectivity index (χ1) is 10.4. The van der Waals surface area contributed by atoms with Crippen LogP contribution in [0.15, 0.2) is 24.3 Å². The van der Waals surface area contributed by atoms with Crippen molar-refractivity contribution in [3.05, 3.63) is 29.8 Å². The zero-order chi connectivity index (χ0) is 16.4. The monoisotopic (exact) mass is 308 g/mol. The first kappa shape index (κ1) is 18.5. The van der Waals surface area contributed by atoms with Gasteiger partial charge < -0.3 is 20.1 Å². The van der Waals surface area contributed by atoms with Crippen LogP contribution in [0.5, 0.6) is 5.75 Å². The topological polar surface area (TPSA) is 59.6 Å².